The Morgan fingerprint density at radius 3 is 2.07 bits per heavy atom. The highest BCUT2D eigenvalue weighted by Gasteiger charge is 2.25. The van der Waals surface area contributed by atoms with Crippen LogP contribution in [0.4, 0.5) is 0 Å². The third-order valence-corrected chi connectivity index (χ3v) is 4.46. The van der Waals surface area contributed by atoms with E-state index in [1.165, 1.54) is 0 Å². The van der Waals surface area contributed by atoms with E-state index in [0.717, 1.165) is 5.75 Å². The monoisotopic (exact) mass is 233 g/mol. The summed E-state index contributed by atoms with van der Waals surface area (Å²) in [6, 6.07) is 0.414. The summed E-state index contributed by atoms with van der Waals surface area (Å²) < 4.78 is 0. The van der Waals surface area contributed by atoms with E-state index >= 15 is 0 Å². The second-order valence-electron chi connectivity index (χ2n) is 5.28. The van der Waals surface area contributed by atoms with Gasteiger partial charge in [0.1, 0.15) is 0 Å². The largest absolute Gasteiger partial charge is 0.394 e. The first-order valence-corrected chi connectivity index (χ1v) is 6.86. The maximum atomic E-state index is 9.41. The van der Waals surface area contributed by atoms with Crippen LogP contribution in [-0.2, 0) is 0 Å². The Hall–Kier alpha value is 0.270. The molecule has 3 heteroatoms. The van der Waals surface area contributed by atoms with Gasteiger partial charge in [-0.3, -0.25) is 0 Å². The van der Waals surface area contributed by atoms with Gasteiger partial charge in [-0.1, -0.05) is 34.6 Å². The van der Waals surface area contributed by atoms with Crippen LogP contribution in [0.15, 0.2) is 0 Å². The molecule has 2 atom stereocenters. The quantitative estimate of drug-likeness (QED) is 0.709. The summed E-state index contributed by atoms with van der Waals surface area (Å²) in [5, 5.41) is 13.5. The lowest BCUT2D eigenvalue weighted by atomic mass is 10.1. The zero-order chi connectivity index (χ0) is 12.1. The highest BCUT2D eigenvalue weighted by atomic mass is 32.2. The molecule has 0 saturated carbocycles. The number of hydrogen-bond donors (Lipinski definition) is 2. The van der Waals surface area contributed by atoms with E-state index in [0.29, 0.717) is 17.2 Å². The Labute approximate surface area is 99.2 Å². The number of rotatable bonds is 7. The number of nitrogens with one attached hydrogen (secondary N) is 1. The van der Waals surface area contributed by atoms with Crippen LogP contribution in [-0.4, -0.2) is 34.3 Å². The van der Waals surface area contributed by atoms with Crippen molar-refractivity contribution in [2.24, 2.45) is 5.92 Å². The molecule has 0 amide bonds. The maximum Gasteiger partial charge on any atom is 0.0618 e. The molecule has 0 heterocycles. The second kappa shape index (κ2) is 6.77. The van der Waals surface area contributed by atoms with Gasteiger partial charge in [0.15, 0.2) is 0 Å². The lowest BCUT2D eigenvalue weighted by Gasteiger charge is -2.32. The highest BCUT2D eigenvalue weighted by Crippen LogP contribution is 2.23. The minimum atomic E-state index is -0.151. The molecule has 0 saturated heterocycles. The Morgan fingerprint density at radius 1 is 1.20 bits per heavy atom. The predicted molar refractivity (Wildman–Crippen MR) is 70.5 cm³/mol. The Kier molecular flexibility index (Phi) is 6.89. The lowest BCUT2D eigenvalue weighted by Crippen LogP contribution is -2.51. The summed E-state index contributed by atoms with van der Waals surface area (Å²) in [4.78, 5) is 0. The normalized spacial score (nSPS) is 18.2. The van der Waals surface area contributed by atoms with Gasteiger partial charge in [0.05, 0.1) is 6.61 Å². The van der Waals surface area contributed by atoms with Crippen molar-refractivity contribution in [2.75, 3.05) is 12.4 Å². The van der Waals surface area contributed by atoms with Crippen LogP contribution in [0.2, 0.25) is 0 Å². The molecule has 0 aliphatic heterocycles. The lowest BCUT2D eigenvalue weighted by molar-refractivity contribution is 0.183. The fraction of sp³-hybridized carbons (Fsp3) is 1.00. The standard InChI is InChI=1S/C12H27NOS/c1-9(2)11(5)15-8-12(6,7-14)13-10(3)4/h9-11,13-14H,7-8H2,1-6H3. The Bertz CT molecular complexity index is 173. The average molecular weight is 233 g/mol. The molecule has 0 spiro atoms. The molecule has 2 N–H and O–H groups in total. The molecule has 0 aromatic rings. The third-order valence-electron chi connectivity index (χ3n) is 2.59. The molecule has 2 nitrogen and oxygen atoms in total. The number of aliphatic hydroxyl groups is 1. The molecule has 0 rings (SSSR count). The fourth-order valence-electron chi connectivity index (χ4n) is 1.34. The average Bonchev–Trinajstić information content (AvgIpc) is 2.13. The van der Waals surface area contributed by atoms with Crippen molar-refractivity contribution in [1.82, 2.24) is 5.32 Å². The van der Waals surface area contributed by atoms with E-state index in [2.05, 4.69) is 46.9 Å². The number of thioether (sulfide) groups is 1. The maximum absolute atomic E-state index is 9.41. The van der Waals surface area contributed by atoms with Crippen LogP contribution < -0.4 is 5.32 Å². The van der Waals surface area contributed by atoms with Gasteiger partial charge >= 0.3 is 0 Å². The zero-order valence-electron chi connectivity index (χ0n) is 11.0. The predicted octanol–water partition coefficient (Wildman–Crippen LogP) is 2.51. The van der Waals surface area contributed by atoms with Crippen LogP contribution in [0.1, 0.15) is 41.5 Å². The van der Waals surface area contributed by atoms with E-state index in [9.17, 15) is 5.11 Å². The molecule has 0 aromatic heterocycles. The van der Waals surface area contributed by atoms with Crippen molar-refractivity contribution in [1.29, 1.82) is 0 Å². The van der Waals surface area contributed by atoms with Crippen LogP contribution in [0.25, 0.3) is 0 Å². The van der Waals surface area contributed by atoms with Crippen molar-refractivity contribution >= 4 is 11.8 Å². The fourth-order valence-corrected chi connectivity index (χ4v) is 2.53. The summed E-state index contributed by atoms with van der Waals surface area (Å²) in [7, 11) is 0. The number of hydrogen-bond acceptors (Lipinski definition) is 3. The summed E-state index contributed by atoms with van der Waals surface area (Å²) >= 11 is 1.94. The molecular formula is C12H27NOS. The van der Waals surface area contributed by atoms with E-state index in [4.69, 9.17) is 0 Å². The van der Waals surface area contributed by atoms with E-state index in [-0.39, 0.29) is 12.1 Å². The first kappa shape index (κ1) is 15.3. The van der Waals surface area contributed by atoms with Gasteiger partial charge in [-0.25, -0.2) is 0 Å². The molecule has 15 heavy (non-hydrogen) atoms. The van der Waals surface area contributed by atoms with Crippen molar-refractivity contribution in [3.63, 3.8) is 0 Å². The summed E-state index contributed by atoms with van der Waals surface area (Å²) in [6.07, 6.45) is 0. The highest BCUT2D eigenvalue weighted by molar-refractivity contribution is 7.99. The van der Waals surface area contributed by atoms with Gasteiger partial charge in [0, 0.05) is 22.6 Å². The first-order valence-electron chi connectivity index (χ1n) is 5.81. The topological polar surface area (TPSA) is 32.3 Å². The molecule has 0 fully saturated rings. The van der Waals surface area contributed by atoms with Crippen molar-refractivity contribution in [3.8, 4) is 0 Å². The molecular weight excluding hydrogens is 206 g/mol. The SMILES string of the molecule is CC(C)NC(C)(CO)CSC(C)C(C)C. The summed E-state index contributed by atoms with van der Waals surface area (Å²) in [5.74, 6) is 1.65. The van der Waals surface area contributed by atoms with Crippen LogP contribution in [0.3, 0.4) is 0 Å². The van der Waals surface area contributed by atoms with Crippen LogP contribution >= 0.6 is 11.8 Å². The zero-order valence-corrected chi connectivity index (χ0v) is 11.8. The minimum Gasteiger partial charge on any atom is -0.394 e. The smallest absolute Gasteiger partial charge is 0.0618 e. The van der Waals surface area contributed by atoms with Gasteiger partial charge in [-0.05, 0) is 12.8 Å². The van der Waals surface area contributed by atoms with Gasteiger partial charge < -0.3 is 10.4 Å². The van der Waals surface area contributed by atoms with E-state index in [1.54, 1.807) is 0 Å². The first-order chi connectivity index (χ1) is 6.80. The number of aliphatic hydroxyl groups excluding tert-OH is 1. The molecule has 2 unspecified atom stereocenters. The Morgan fingerprint density at radius 2 is 1.73 bits per heavy atom. The van der Waals surface area contributed by atoms with Gasteiger partial charge in [0.2, 0.25) is 0 Å². The molecule has 0 aliphatic carbocycles. The van der Waals surface area contributed by atoms with Gasteiger partial charge in [0.25, 0.3) is 0 Å². The van der Waals surface area contributed by atoms with Crippen LogP contribution in [0.5, 0.6) is 0 Å². The van der Waals surface area contributed by atoms with Gasteiger partial charge in [-0.15, -0.1) is 0 Å². The van der Waals surface area contributed by atoms with Crippen molar-refractivity contribution < 1.29 is 5.11 Å². The molecule has 92 valence electrons. The van der Waals surface area contributed by atoms with Crippen LogP contribution in [0, 0.1) is 5.92 Å². The van der Waals surface area contributed by atoms with E-state index in [1.807, 2.05) is 11.8 Å². The Balaban J connectivity index is 4.08. The third kappa shape index (κ3) is 6.44. The molecule has 0 aromatic carbocycles. The molecule has 0 radical (unpaired) electrons. The minimum absolute atomic E-state index is 0.151. The molecule has 0 bridgehead atoms. The van der Waals surface area contributed by atoms with Gasteiger partial charge in [-0.2, -0.15) is 11.8 Å². The molecule has 0 aliphatic rings. The van der Waals surface area contributed by atoms with Crippen molar-refractivity contribution in [3.05, 3.63) is 0 Å². The van der Waals surface area contributed by atoms with E-state index < -0.39 is 0 Å². The second-order valence-corrected chi connectivity index (χ2v) is 6.64. The van der Waals surface area contributed by atoms with Crippen molar-refractivity contribution in [2.45, 2.75) is 58.4 Å². The summed E-state index contributed by atoms with van der Waals surface area (Å²) in [5.41, 5.74) is -0.151. The summed E-state index contributed by atoms with van der Waals surface area (Å²) in [6.45, 7) is 13.3.